The molecule has 0 fully saturated rings. The molecule has 2 aliphatic heterocycles. The molecular weight excluding hydrogens is 548 g/mol. The maximum Gasteiger partial charge on any atom is 0.303 e. The minimum absolute atomic E-state index is 0.0519. The number of carbonyl (C=O) groups is 4. The van der Waals surface area contributed by atoms with Crippen LogP contribution in [0, 0.1) is 13.8 Å². The van der Waals surface area contributed by atoms with Crippen LogP contribution < -0.4 is 16.0 Å². The Morgan fingerprint density at radius 2 is 1.37 bits per heavy atom. The van der Waals surface area contributed by atoms with Gasteiger partial charge in [-0.3, -0.25) is 19.2 Å². The standard InChI is InChI=1S/C33H38N4O6/c1-7-20-18(5)32(42)36-26(20)14-28-22(9-11-30(38)39)16(3)24(34-28)13-25-17(4)23(10-12-31(40)41)29(35-25)15-27-21(8-2)19(6)33(43)37-27/h13-15,34-35H,7-12H2,1-6H3,(H,36,42)(H,38,39)(H,40,41)/b25-13-,26-14-,29-15-. The Bertz CT molecular complexity index is 1790. The van der Waals surface area contributed by atoms with E-state index in [2.05, 4.69) is 20.3 Å². The highest BCUT2D eigenvalue weighted by molar-refractivity contribution is 6.30. The molecule has 2 aromatic heterocycles. The van der Waals surface area contributed by atoms with Crippen LogP contribution in [-0.4, -0.2) is 49.6 Å². The number of aromatic nitrogens is 2. The van der Waals surface area contributed by atoms with Gasteiger partial charge >= 0.3 is 11.9 Å². The van der Waals surface area contributed by atoms with E-state index < -0.39 is 11.9 Å². The topological polar surface area (TPSA) is 165 Å². The highest BCUT2D eigenvalue weighted by atomic mass is 16.4. The van der Waals surface area contributed by atoms with Gasteiger partial charge in [0.15, 0.2) is 0 Å². The average molecular weight is 587 g/mol. The molecule has 0 atom stereocenters. The lowest BCUT2D eigenvalue weighted by Crippen LogP contribution is -2.15. The molecule has 0 saturated heterocycles. The zero-order chi connectivity index (χ0) is 31.6. The van der Waals surface area contributed by atoms with Crippen LogP contribution in [-0.2, 0) is 32.0 Å². The van der Waals surface area contributed by atoms with Crippen LogP contribution in [0.25, 0.3) is 18.2 Å². The van der Waals surface area contributed by atoms with Crippen molar-refractivity contribution < 1.29 is 29.4 Å². The van der Waals surface area contributed by atoms with Crippen molar-refractivity contribution in [2.45, 2.75) is 80.1 Å². The van der Waals surface area contributed by atoms with Crippen molar-refractivity contribution in [3.8, 4) is 0 Å². The normalized spacial score (nSPS) is 17.2. The largest absolute Gasteiger partial charge is 0.481 e. The number of rotatable bonds is 11. The molecule has 5 N–H and O–H groups in total. The highest BCUT2D eigenvalue weighted by Crippen LogP contribution is 2.28. The van der Waals surface area contributed by atoms with Gasteiger partial charge in [0.05, 0.1) is 5.71 Å². The quantitative estimate of drug-likeness (QED) is 0.270. The van der Waals surface area contributed by atoms with Crippen LogP contribution in [0.4, 0.5) is 0 Å². The van der Waals surface area contributed by atoms with Crippen LogP contribution >= 0.6 is 0 Å². The fourth-order valence-electron chi connectivity index (χ4n) is 5.78. The number of H-pyrrole nitrogens is 2. The number of nitrogens with one attached hydrogen (secondary N) is 3. The lowest BCUT2D eigenvalue weighted by Gasteiger charge is -2.05. The van der Waals surface area contributed by atoms with Gasteiger partial charge in [-0.15, -0.1) is 0 Å². The number of aromatic amines is 2. The van der Waals surface area contributed by atoms with Crippen molar-refractivity contribution in [3.05, 3.63) is 72.3 Å². The van der Waals surface area contributed by atoms with E-state index >= 15 is 0 Å². The van der Waals surface area contributed by atoms with Gasteiger partial charge in [-0.2, -0.15) is 0 Å². The molecule has 4 heterocycles. The number of aliphatic carboxylic acids is 2. The number of carboxylic acid groups (broad SMARTS) is 2. The van der Waals surface area contributed by atoms with E-state index in [0.29, 0.717) is 53.6 Å². The van der Waals surface area contributed by atoms with Crippen molar-refractivity contribution in [2.75, 3.05) is 0 Å². The Hall–Kier alpha value is -4.73. The van der Waals surface area contributed by atoms with Crippen molar-refractivity contribution in [1.29, 1.82) is 0 Å². The summed E-state index contributed by atoms with van der Waals surface area (Å²) in [5, 5.41) is 23.2. The summed E-state index contributed by atoms with van der Waals surface area (Å²) in [5.74, 6) is -2.23. The maximum absolute atomic E-state index is 12.3. The third-order valence-corrected chi connectivity index (χ3v) is 8.32. The summed E-state index contributed by atoms with van der Waals surface area (Å²) >= 11 is 0. The summed E-state index contributed by atoms with van der Waals surface area (Å²) in [5.41, 5.74) is 9.21. The number of hydrogen-bond acceptors (Lipinski definition) is 4. The zero-order valence-corrected chi connectivity index (χ0v) is 25.4. The van der Waals surface area contributed by atoms with Crippen molar-refractivity contribution in [3.63, 3.8) is 0 Å². The monoisotopic (exact) mass is 586 g/mol. The van der Waals surface area contributed by atoms with E-state index in [1.165, 1.54) is 0 Å². The molecule has 0 radical (unpaired) electrons. The van der Waals surface area contributed by atoms with Gasteiger partial charge in [-0.25, -0.2) is 4.99 Å². The molecule has 4 rings (SSSR count). The summed E-state index contributed by atoms with van der Waals surface area (Å²) in [6.45, 7) is 11.3. The van der Waals surface area contributed by atoms with Crippen molar-refractivity contribution in [1.82, 2.24) is 15.3 Å². The van der Waals surface area contributed by atoms with E-state index in [1.807, 2.05) is 45.9 Å². The molecule has 2 aromatic rings. The molecule has 0 unspecified atom stereocenters. The molecule has 0 saturated carbocycles. The van der Waals surface area contributed by atoms with Crippen LogP contribution in [0.1, 0.15) is 87.0 Å². The molecular formula is C33H38N4O6. The molecule has 2 amide bonds. The van der Waals surface area contributed by atoms with Gasteiger partial charge in [-0.1, -0.05) is 13.8 Å². The summed E-state index contributed by atoms with van der Waals surface area (Å²) in [6, 6.07) is 0. The second-order valence-corrected chi connectivity index (χ2v) is 10.9. The first-order valence-electron chi connectivity index (χ1n) is 14.5. The first-order chi connectivity index (χ1) is 20.4. The molecule has 10 heteroatoms. The smallest absolute Gasteiger partial charge is 0.303 e. The molecule has 0 spiro atoms. The molecule has 2 aliphatic rings. The summed E-state index contributed by atoms with van der Waals surface area (Å²) < 4.78 is 0. The third-order valence-electron chi connectivity index (χ3n) is 8.32. The van der Waals surface area contributed by atoms with E-state index in [9.17, 15) is 29.4 Å². The van der Waals surface area contributed by atoms with Crippen molar-refractivity contribution >= 4 is 47.7 Å². The number of allylic oxidation sites excluding steroid dienone is 2. The number of carboxylic acids is 2. The summed E-state index contributed by atoms with van der Waals surface area (Å²) in [4.78, 5) is 58.6. The van der Waals surface area contributed by atoms with Gasteiger partial charge in [-0.05, 0) is 105 Å². The fourth-order valence-corrected chi connectivity index (χ4v) is 5.78. The Morgan fingerprint density at radius 3 is 1.98 bits per heavy atom. The molecule has 0 aliphatic carbocycles. The molecule has 0 aromatic carbocycles. The number of hydrogen-bond donors (Lipinski definition) is 5. The third kappa shape index (κ3) is 6.38. The van der Waals surface area contributed by atoms with E-state index in [4.69, 9.17) is 0 Å². The lowest BCUT2D eigenvalue weighted by molar-refractivity contribution is -0.138. The van der Waals surface area contributed by atoms with E-state index in [-0.39, 0.29) is 24.7 Å². The van der Waals surface area contributed by atoms with Crippen LogP contribution in [0.2, 0.25) is 0 Å². The summed E-state index contributed by atoms with van der Waals surface area (Å²) in [6.07, 6.45) is 7.40. The van der Waals surface area contributed by atoms with Gasteiger partial charge in [0.1, 0.15) is 0 Å². The van der Waals surface area contributed by atoms with Crippen LogP contribution in [0.15, 0.2) is 33.0 Å². The first kappa shape index (κ1) is 31.2. The minimum atomic E-state index is -0.911. The van der Waals surface area contributed by atoms with Crippen LogP contribution in [0.3, 0.4) is 0 Å². The Labute approximate surface area is 249 Å². The molecule has 226 valence electrons. The molecule has 0 bridgehead atoms. The minimum Gasteiger partial charge on any atom is -0.481 e. The Kier molecular flexibility index (Phi) is 9.18. The molecule has 10 nitrogen and oxygen atoms in total. The predicted octanol–water partition coefficient (Wildman–Crippen LogP) is 3.51. The zero-order valence-electron chi connectivity index (χ0n) is 25.4. The Balaban J connectivity index is 1.89. The fraction of sp³-hybridized carbons (Fsp3) is 0.364. The van der Waals surface area contributed by atoms with Gasteiger partial charge < -0.3 is 25.5 Å². The highest BCUT2D eigenvalue weighted by Gasteiger charge is 2.24. The first-order valence-corrected chi connectivity index (χ1v) is 14.5. The van der Waals surface area contributed by atoms with Gasteiger partial charge in [0, 0.05) is 51.8 Å². The van der Waals surface area contributed by atoms with E-state index in [0.717, 1.165) is 50.1 Å². The average Bonchev–Trinajstić information content (AvgIpc) is 3.59. The van der Waals surface area contributed by atoms with Gasteiger partial charge in [0.25, 0.3) is 11.8 Å². The van der Waals surface area contributed by atoms with E-state index in [1.54, 1.807) is 13.8 Å². The van der Waals surface area contributed by atoms with Crippen LogP contribution in [0.5, 0.6) is 0 Å². The lowest BCUT2D eigenvalue weighted by atomic mass is 10.0. The number of nitrogens with zero attached hydrogens (tertiary/aromatic N) is 1. The predicted molar refractivity (Wildman–Crippen MR) is 165 cm³/mol. The van der Waals surface area contributed by atoms with Crippen molar-refractivity contribution in [2.24, 2.45) is 4.99 Å². The summed E-state index contributed by atoms with van der Waals surface area (Å²) in [7, 11) is 0. The second-order valence-electron chi connectivity index (χ2n) is 10.9. The Morgan fingerprint density at radius 1 is 0.744 bits per heavy atom. The number of carbonyl (C=O) groups excluding carboxylic acids is 2. The number of aliphatic imine (C=N–C) groups is 1. The van der Waals surface area contributed by atoms with Gasteiger partial charge in [0.2, 0.25) is 0 Å². The number of amides is 2. The second kappa shape index (κ2) is 12.6. The maximum atomic E-state index is 12.3. The SMILES string of the molecule is CCC1=C(C)C(=O)N=C1/C=c1\[nH]/c(=C\c2[nH]c(/C=C3\NC(=O)C(C)=C3CC)c(CCC(=O)O)c2C)c(C)c1CCC(=O)O. The molecule has 43 heavy (non-hydrogen) atoms.